The molecule has 2 saturated heterocycles. The average molecular weight is 433 g/mol. The van der Waals surface area contributed by atoms with Crippen LogP contribution < -0.4 is 0 Å². The SMILES string of the molecule is Cc1nc(C2CCN(Cc3ccc(Cl)c(F)c3)CC2)ncc1C(=O)N1CCOCC1. The Bertz CT molecular complexity index is 912. The van der Waals surface area contributed by atoms with Crippen LogP contribution in [0.15, 0.2) is 24.4 Å². The van der Waals surface area contributed by atoms with E-state index >= 15 is 0 Å². The van der Waals surface area contributed by atoms with Gasteiger partial charge in [-0.3, -0.25) is 9.69 Å². The van der Waals surface area contributed by atoms with E-state index in [-0.39, 0.29) is 22.7 Å². The molecule has 3 heterocycles. The van der Waals surface area contributed by atoms with Gasteiger partial charge in [0, 0.05) is 31.7 Å². The van der Waals surface area contributed by atoms with E-state index in [0.29, 0.717) is 38.4 Å². The molecular weight excluding hydrogens is 407 g/mol. The number of hydrogen-bond acceptors (Lipinski definition) is 5. The van der Waals surface area contributed by atoms with Crippen molar-refractivity contribution in [3.05, 3.63) is 57.9 Å². The summed E-state index contributed by atoms with van der Waals surface area (Å²) in [6.07, 6.45) is 3.55. The Morgan fingerprint density at radius 3 is 2.63 bits per heavy atom. The van der Waals surface area contributed by atoms with Gasteiger partial charge >= 0.3 is 0 Å². The van der Waals surface area contributed by atoms with Gasteiger partial charge in [-0.25, -0.2) is 14.4 Å². The minimum Gasteiger partial charge on any atom is -0.378 e. The number of amides is 1. The highest BCUT2D eigenvalue weighted by Gasteiger charge is 2.25. The molecule has 0 bridgehead atoms. The third-order valence-electron chi connectivity index (χ3n) is 5.87. The summed E-state index contributed by atoms with van der Waals surface area (Å²) in [6, 6.07) is 4.98. The van der Waals surface area contributed by atoms with E-state index in [2.05, 4.69) is 14.9 Å². The molecule has 2 aliphatic heterocycles. The van der Waals surface area contributed by atoms with E-state index in [4.69, 9.17) is 16.3 Å². The van der Waals surface area contributed by atoms with Crippen molar-refractivity contribution in [1.82, 2.24) is 19.8 Å². The van der Waals surface area contributed by atoms with Crippen LogP contribution >= 0.6 is 11.6 Å². The van der Waals surface area contributed by atoms with Crippen LogP contribution in [-0.2, 0) is 11.3 Å². The van der Waals surface area contributed by atoms with Crippen molar-refractivity contribution in [2.75, 3.05) is 39.4 Å². The predicted octanol–water partition coefficient (Wildman–Crippen LogP) is 3.43. The second kappa shape index (κ2) is 9.37. The number of carbonyl (C=O) groups is 1. The van der Waals surface area contributed by atoms with Crippen molar-refractivity contribution in [1.29, 1.82) is 0 Å². The molecule has 0 radical (unpaired) electrons. The largest absolute Gasteiger partial charge is 0.378 e. The number of piperidine rings is 1. The summed E-state index contributed by atoms with van der Waals surface area (Å²) >= 11 is 5.77. The summed E-state index contributed by atoms with van der Waals surface area (Å²) in [7, 11) is 0. The first-order chi connectivity index (χ1) is 14.5. The minimum atomic E-state index is -0.375. The van der Waals surface area contributed by atoms with Crippen LogP contribution in [0.1, 0.15) is 46.2 Å². The van der Waals surface area contributed by atoms with E-state index in [1.54, 1.807) is 17.2 Å². The summed E-state index contributed by atoms with van der Waals surface area (Å²) in [5.41, 5.74) is 2.23. The topological polar surface area (TPSA) is 58.6 Å². The molecular formula is C22H26ClFN4O2. The molecule has 1 aromatic carbocycles. The highest BCUT2D eigenvalue weighted by atomic mass is 35.5. The Kier molecular flexibility index (Phi) is 6.61. The monoisotopic (exact) mass is 432 g/mol. The van der Waals surface area contributed by atoms with Crippen molar-refractivity contribution >= 4 is 17.5 Å². The van der Waals surface area contributed by atoms with Gasteiger partial charge in [-0.05, 0) is 50.6 Å². The summed E-state index contributed by atoms with van der Waals surface area (Å²) in [6.45, 7) is 6.73. The molecule has 4 rings (SSSR count). The molecule has 1 amide bonds. The van der Waals surface area contributed by atoms with Crippen molar-refractivity contribution in [2.45, 2.75) is 32.2 Å². The summed E-state index contributed by atoms with van der Waals surface area (Å²) < 4.78 is 19.0. The number of nitrogens with zero attached hydrogens (tertiary/aromatic N) is 4. The number of ether oxygens (including phenoxy) is 1. The molecule has 2 aliphatic rings. The standard InChI is InChI=1S/C22H26ClFN4O2/c1-15-18(22(29)28-8-10-30-11-9-28)13-25-21(26-15)17-4-6-27(7-5-17)14-16-2-3-19(23)20(24)12-16/h2-3,12-13,17H,4-11,14H2,1H3. The van der Waals surface area contributed by atoms with E-state index in [1.807, 2.05) is 13.0 Å². The van der Waals surface area contributed by atoms with Crippen LogP contribution in [0.2, 0.25) is 5.02 Å². The molecule has 0 atom stereocenters. The lowest BCUT2D eigenvalue weighted by Gasteiger charge is -2.31. The lowest BCUT2D eigenvalue weighted by atomic mass is 9.95. The molecule has 2 fully saturated rings. The maximum absolute atomic E-state index is 13.7. The number of benzene rings is 1. The van der Waals surface area contributed by atoms with Gasteiger partial charge in [0.15, 0.2) is 0 Å². The van der Waals surface area contributed by atoms with Crippen LogP contribution in [0.3, 0.4) is 0 Å². The Morgan fingerprint density at radius 1 is 1.23 bits per heavy atom. The third-order valence-corrected chi connectivity index (χ3v) is 6.18. The quantitative estimate of drug-likeness (QED) is 0.740. The van der Waals surface area contributed by atoms with Crippen LogP contribution in [0.4, 0.5) is 4.39 Å². The first kappa shape index (κ1) is 21.2. The zero-order valence-corrected chi connectivity index (χ0v) is 17.9. The molecule has 0 saturated carbocycles. The summed E-state index contributed by atoms with van der Waals surface area (Å²) in [5.74, 6) is 0.685. The number of rotatable bonds is 4. The average Bonchev–Trinajstić information content (AvgIpc) is 2.77. The molecule has 0 aliphatic carbocycles. The van der Waals surface area contributed by atoms with Gasteiger partial charge in [-0.1, -0.05) is 17.7 Å². The van der Waals surface area contributed by atoms with E-state index in [1.165, 1.54) is 6.07 Å². The number of likely N-dealkylation sites (tertiary alicyclic amines) is 1. The lowest BCUT2D eigenvalue weighted by Crippen LogP contribution is -2.41. The fraction of sp³-hybridized carbons (Fsp3) is 0.500. The Hall–Kier alpha value is -2.09. The molecule has 6 nitrogen and oxygen atoms in total. The molecule has 8 heteroatoms. The zero-order valence-electron chi connectivity index (χ0n) is 17.1. The Labute approximate surface area is 181 Å². The van der Waals surface area contributed by atoms with Gasteiger partial charge < -0.3 is 9.64 Å². The third kappa shape index (κ3) is 4.79. The molecule has 30 heavy (non-hydrogen) atoms. The highest BCUT2D eigenvalue weighted by Crippen LogP contribution is 2.27. The number of carbonyl (C=O) groups excluding carboxylic acids is 1. The lowest BCUT2D eigenvalue weighted by molar-refractivity contribution is 0.0301. The number of morpholine rings is 1. The number of aromatic nitrogens is 2. The van der Waals surface area contributed by atoms with Gasteiger partial charge in [-0.2, -0.15) is 0 Å². The second-order valence-corrected chi connectivity index (χ2v) is 8.34. The maximum atomic E-state index is 13.7. The van der Waals surface area contributed by atoms with E-state index < -0.39 is 0 Å². The molecule has 1 aromatic heterocycles. The Morgan fingerprint density at radius 2 is 1.97 bits per heavy atom. The molecule has 2 aromatic rings. The van der Waals surface area contributed by atoms with Gasteiger partial charge in [0.25, 0.3) is 5.91 Å². The molecule has 160 valence electrons. The maximum Gasteiger partial charge on any atom is 0.257 e. The van der Waals surface area contributed by atoms with Crippen LogP contribution in [0.5, 0.6) is 0 Å². The minimum absolute atomic E-state index is 0.0210. The van der Waals surface area contributed by atoms with Crippen molar-refractivity contribution < 1.29 is 13.9 Å². The van der Waals surface area contributed by atoms with Crippen molar-refractivity contribution in [3.63, 3.8) is 0 Å². The molecule has 0 N–H and O–H groups in total. The Balaban J connectivity index is 1.35. The van der Waals surface area contributed by atoms with Crippen molar-refractivity contribution in [2.24, 2.45) is 0 Å². The molecule has 0 spiro atoms. The van der Waals surface area contributed by atoms with E-state index in [9.17, 15) is 9.18 Å². The smallest absolute Gasteiger partial charge is 0.257 e. The predicted molar refractivity (Wildman–Crippen MR) is 112 cm³/mol. The van der Waals surface area contributed by atoms with Crippen LogP contribution in [-0.4, -0.2) is 65.1 Å². The van der Waals surface area contributed by atoms with Crippen molar-refractivity contribution in [3.8, 4) is 0 Å². The fourth-order valence-corrected chi connectivity index (χ4v) is 4.19. The fourth-order valence-electron chi connectivity index (χ4n) is 4.07. The van der Waals surface area contributed by atoms with Gasteiger partial charge in [0.2, 0.25) is 0 Å². The van der Waals surface area contributed by atoms with E-state index in [0.717, 1.165) is 43.0 Å². The van der Waals surface area contributed by atoms with Crippen LogP contribution in [0.25, 0.3) is 0 Å². The first-order valence-electron chi connectivity index (χ1n) is 10.4. The van der Waals surface area contributed by atoms with Gasteiger partial charge in [0.05, 0.1) is 29.5 Å². The van der Waals surface area contributed by atoms with Gasteiger partial charge in [0.1, 0.15) is 11.6 Å². The number of aryl methyl sites for hydroxylation is 1. The number of halogens is 2. The summed E-state index contributed by atoms with van der Waals surface area (Å²) in [4.78, 5) is 26.0. The second-order valence-electron chi connectivity index (χ2n) is 7.93. The zero-order chi connectivity index (χ0) is 21.1. The van der Waals surface area contributed by atoms with Gasteiger partial charge in [-0.15, -0.1) is 0 Å². The van der Waals surface area contributed by atoms with Crippen LogP contribution in [0, 0.1) is 12.7 Å². The first-order valence-corrected chi connectivity index (χ1v) is 10.8. The molecule has 0 unspecified atom stereocenters. The highest BCUT2D eigenvalue weighted by molar-refractivity contribution is 6.30. The number of hydrogen-bond donors (Lipinski definition) is 0. The summed E-state index contributed by atoms with van der Waals surface area (Å²) in [5, 5.41) is 0.153. The normalized spacial score (nSPS) is 18.6.